The maximum Gasteiger partial charge on any atom is 0.334 e. The quantitative estimate of drug-likeness (QED) is 0.707. The Labute approximate surface area is 102 Å². The Balaban J connectivity index is 2.93. The lowest BCUT2D eigenvalue weighted by atomic mass is 9.85. The second-order valence-corrected chi connectivity index (χ2v) is 4.25. The summed E-state index contributed by atoms with van der Waals surface area (Å²) in [5, 5.41) is 0. The molecule has 1 atom stereocenters. The Morgan fingerprint density at radius 2 is 1.65 bits per heavy atom. The number of ether oxygens (including phenoxy) is 2. The third-order valence-electron chi connectivity index (χ3n) is 2.85. The van der Waals surface area contributed by atoms with E-state index in [1.165, 1.54) is 0 Å². The Morgan fingerprint density at radius 3 is 2.18 bits per heavy atom. The lowest BCUT2D eigenvalue weighted by Gasteiger charge is -2.22. The van der Waals surface area contributed by atoms with Crippen LogP contribution in [-0.4, -0.2) is 25.2 Å². The average molecular weight is 240 g/mol. The molecule has 0 N–H and O–H groups in total. The first-order valence-electron chi connectivity index (χ1n) is 6.16. The van der Waals surface area contributed by atoms with Gasteiger partial charge in [0.1, 0.15) is 0 Å². The average Bonchev–Trinajstić information content (AvgIpc) is 2.29. The number of hydrogen-bond acceptors (Lipinski definition) is 4. The van der Waals surface area contributed by atoms with Crippen molar-refractivity contribution in [1.29, 1.82) is 0 Å². The van der Waals surface area contributed by atoms with E-state index in [4.69, 9.17) is 9.47 Å². The van der Waals surface area contributed by atoms with Crippen LogP contribution in [-0.2, 0) is 19.1 Å². The molecule has 0 heterocycles. The summed E-state index contributed by atoms with van der Waals surface area (Å²) in [5.41, 5.74) is 1.01. The Bertz CT molecular complexity index is 330. The maximum atomic E-state index is 11.8. The first kappa shape index (κ1) is 13.7. The van der Waals surface area contributed by atoms with E-state index in [-0.39, 0.29) is 11.9 Å². The van der Waals surface area contributed by atoms with Gasteiger partial charge >= 0.3 is 11.9 Å². The van der Waals surface area contributed by atoms with Crippen molar-refractivity contribution in [2.45, 2.75) is 40.0 Å². The van der Waals surface area contributed by atoms with Gasteiger partial charge in [0, 0.05) is 11.1 Å². The summed E-state index contributed by atoms with van der Waals surface area (Å²) in [4.78, 5) is 23.5. The number of hydrogen-bond donors (Lipinski definition) is 0. The SMILES string of the molecule is CCOC(=O)C1=C(C(=O)OCC)CC(C)CC1. The molecule has 0 aromatic rings. The van der Waals surface area contributed by atoms with Crippen molar-refractivity contribution < 1.29 is 19.1 Å². The predicted molar refractivity (Wildman–Crippen MR) is 63.3 cm³/mol. The molecule has 0 amide bonds. The van der Waals surface area contributed by atoms with E-state index >= 15 is 0 Å². The molecule has 0 aliphatic heterocycles. The van der Waals surface area contributed by atoms with Gasteiger partial charge in [-0.15, -0.1) is 0 Å². The van der Waals surface area contributed by atoms with Crippen LogP contribution in [0.3, 0.4) is 0 Å². The summed E-state index contributed by atoms with van der Waals surface area (Å²) in [6, 6.07) is 0. The highest BCUT2D eigenvalue weighted by Gasteiger charge is 2.28. The number of carbonyl (C=O) groups excluding carboxylic acids is 2. The van der Waals surface area contributed by atoms with Crippen LogP contribution in [0.25, 0.3) is 0 Å². The van der Waals surface area contributed by atoms with Crippen LogP contribution in [0.15, 0.2) is 11.1 Å². The molecule has 17 heavy (non-hydrogen) atoms. The molecule has 1 rings (SSSR count). The molecule has 0 aromatic carbocycles. The third kappa shape index (κ3) is 3.58. The minimum atomic E-state index is -0.373. The van der Waals surface area contributed by atoms with Crippen molar-refractivity contribution in [3.63, 3.8) is 0 Å². The van der Waals surface area contributed by atoms with Crippen LogP contribution in [0.5, 0.6) is 0 Å². The van der Waals surface area contributed by atoms with Gasteiger partial charge in [0.2, 0.25) is 0 Å². The van der Waals surface area contributed by atoms with E-state index in [1.807, 2.05) is 0 Å². The monoisotopic (exact) mass is 240 g/mol. The molecule has 0 radical (unpaired) electrons. The molecule has 1 aliphatic carbocycles. The summed E-state index contributed by atoms with van der Waals surface area (Å²) >= 11 is 0. The van der Waals surface area contributed by atoms with Gasteiger partial charge in [-0.05, 0) is 39.0 Å². The van der Waals surface area contributed by atoms with Gasteiger partial charge in [0.05, 0.1) is 13.2 Å². The van der Waals surface area contributed by atoms with Gasteiger partial charge in [-0.25, -0.2) is 9.59 Å². The second-order valence-electron chi connectivity index (χ2n) is 4.25. The predicted octanol–water partition coefficient (Wildman–Crippen LogP) is 2.23. The molecule has 1 aliphatic rings. The van der Waals surface area contributed by atoms with Gasteiger partial charge in [-0.1, -0.05) is 6.92 Å². The molecule has 96 valence electrons. The summed E-state index contributed by atoms with van der Waals surface area (Å²) in [6.45, 7) is 6.24. The van der Waals surface area contributed by atoms with Crippen molar-refractivity contribution >= 4 is 11.9 Å². The van der Waals surface area contributed by atoms with Crippen molar-refractivity contribution in [3.05, 3.63) is 11.1 Å². The summed E-state index contributed by atoms with van der Waals surface area (Å²) in [5.74, 6) is -0.336. The molecule has 0 aromatic heterocycles. The lowest BCUT2D eigenvalue weighted by Crippen LogP contribution is -2.22. The maximum absolute atomic E-state index is 11.8. The minimum Gasteiger partial charge on any atom is -0.463 e. The van der Waals surface area contributed by atoms with E-state index in [0.29, 0.717) is 43.1 Å². The zero-order valence-electron chi connectivity index (χ0n) is 10.7. The summed E-state index contributed by atoms with van der Waals surface area (Å²) in [7, 11) is 0. The van der Waals surface area contributed by atoms with E-state index in [0.717, 1.165) is 6.42 Å². The molecule has 4 heteroatoms. The van der Waals surface area contributed by atoms with E-state index in [1.54, 1.807) is 13.8 Å². The molecule has 0 bridgehead atoms. The third-order valence-corrected chi connectivity index (χ3v) is 2.85. The fraction of sp³-hybridized carbons (Fsp3) is 0.692. The van der Waals surface area contributed by atoms with Crippen LogP contribution < -0.4 is 0 Å². The smallest absolute Gasteiger partial charge is 0.334 e. The molecule has 0 saturated heterocycles. The van der Waals surface area contributed by atoms with Gasteiger partial charge in [-0.3, -0.25) is 0 Å². The highest BCUT2D eigenvalue weighted by molar-refractivity contribution is 6.00. The normalized spacial score (nSPS) is 20.1. The highest BCUT2D eigenvalue weighted by Crippen LogP contribution is 2.30. The van der Waals surface area contributed by atoms with E-state index in [9.17, 15) is 9.59 Å². The molecule has 0 spiro atoms. The minimum absolute atomic E-state index is 0.326. The number of esters is 2. The topological polar surface area (TPSA) is 52.6 Å². The highest BCUT2D eigenvalue weighted by atomic mass is 16.5. The molecule has 0 saturated carbocycles. The van der Waals surface area contributed by atoms with Crippen molar-refractivity contribution in [3.8, 4) is 0 Å². The lowest BCUT2D eigenvalue weighted by molar-refractivity contribution is -0.142. The molecular formula is C13H20O4. The largest absolute Gasteiger partial charge is 0.463 e. The van der Waals surface area contributed by atoms with E-state index in [2.05, 4.69) is 6.92 Å². The summed E-state index contributed by atoms with van der Waals surface area (Å²) < 4.78 is 9.95. The van der Waals surface area contributed by atoms with Gasteiger partial charge < -0.3 is 9.47 Å². The van der Waals surface area contributed by atoms with E-state index < -0.39 is 0 Å². The Morgan fingerprint density at radius 1 is 1.12 bits per heavy atom. The van der Waals surface area contributed by atoms with Crippen LogP contribution in [0, 0.1) is 5.92 Å². The first-order valence-corrected chi connectivity index (χ1v) is 6.16. The van der Waals surface area contributed by atoms with Crippen molar-refractivity contribution in [1.82, 2.24) is 0 Å². The zero-order chi connectivity index (χ0) is 12.8. The van der Waals surface area contributed by atoms with Gasteiger partial charge in [0.15, 0.2) is 0 Å². The molecule has 4 nitrogen and oxygen atoms in total. The van der Waals surface area contributed by atoms with Crippen LogP contribution in [0.4, 0.5) is 0 Å². The molecule has 0 fully saturated rings. The van der Waals surface area contributed by atoms with Crippen molar-refractivity contribution in [2.75, 3.05) is 13.2 Å². The van der Waals surface area contributed by atoms with Crippen LogP contribution in [0.2, 0.25) is 0 Å². The summed E-state index contributed by atoms with van der Waals surface area (Å²) in [6.07, 6.45) is 2.12. The standard InChI is InChI=1S/C13H20O4/c1-4-16-12(14)10-7-6-9(3)8-11(10)13(15)17-5-2/h9H,4-8H2,1-3H3. The van der Waals surface area contributed by atoms with Gasteiger partial charge in [-0.2, -0.15) is 0 Å². The Hall–Kier alpha value is -1.32. The number of carbonyl (C=O) groups is 2. The van der Waals surface area contributed by atoms with Crippen molar-refractivity contribution in [2.24, 2.45) is 5.92 Å². The van der Waals surface area contributed by atoms with Crippen LogP contribution >= 0.6 is 0 Å². The first-order chi connectivity index (χ1) is 8.10. The number of rotatable bonds is 4. The Kier molecular flexibility index (Phi) is 5.19. The van der Waals surface area contributed by atoms with Crippen LogP contribution in [0.1, 0.15) is 40.0 Å². The fourth-order valence-corrected chi connectivity index (χ4v) is 1.98. The fourth-order valence-electron chi connectivity index (χ4n) is 1.98. The van der Waals surface area contributed by atoms with Gasteiger partial charge in [0.25, 0.3) is 0 Å². The molecule has 1 unspecified atom stereocenters. The zero-order valence-corrected chi connectivity index (χ0v) is 10.7. The second kappa shape index (κ2) is 6.42. The molecular weight excluding hydrogens is 220 g/mol.